The number of carbonyl (C=O) groups is 2. The third-order valence-corrected chi connectivity index (χ3v) is 8.01. The maximum Gasteiger partial charge on any atom is 0.264 e. The van der Waals surface area contributed by atoms with E-state index < -0.39 is 40.2 Å². The smallest absolute Gasteiger partial charge is 0.264 e. The van der Waals surface area contributed by atoms with Crippen LogP contribution in [0.25, 0.3) is 0 Å². The van der Waals surface area contributed by atoms with E-state index in [2.05, 4.69) is 5.32 Å². The van der Waals surface area contributed by atoms with Gasteiger partial charge < -0.3 is 15.0 Å². The van der Waals surface area contributed by atoms with Crippen molar-refractivity contribution in [3.05, 3.63) is 89.2 Å². The average Bonchev–Trinajstić information content (AvgIpc) is 2.91. The van der Waals surface area contributed by atoms with Crippen LogP contribution in [-0.2, 0) is 26.2 Å². The molecule has 0 aliphatic carbocycles. The summed E-state index contributed by atoms with van der Waals surface area (Å²) in [6.45, 7) is 2.98. The zero-order valence-corrected chi connectivity index (χ0v) is 22.8. The number of nitrogens with zero attached hydrogens (tertiary/aromatic N) is 2. The normalized spacial score (nSPS) is 11.9. The Kier molecular flexibility index (Phi) is 9.71. The van der Waals surface area contributed by atoms with Crippen LogP contribution in [0.5, 0.6) is 5.75 Å². The van der Waals surface area contributed by atoms with Gasteiger partial charge in [-0.15, -0.1) is 0 Å². The summed E-state index contributed by atoms with van der Waals surface area (Å²) in [7, 11) is -2.82. The molecule has 1 N–H and O–H groups in total. The highest BCUT2D eigenvalue weighted by Crippen LogP contribution is 2.26. The van der Waals surface area contributed by atoms with Crippen LogP contribution in [0.15, 0.2) is 77.7 Å². The number of hydrogen-bond acceptors (Lipinski definition) is 5. The van der Waals surface area contributed by atoms with E-state index in [0.29, 0.717) is 22.9 Å². The molecule has 3 aromatic rings. The Bertz CT molecular complexity index is 1370. The van der Waals surface area contributed by atoms with E-state index in [1.807, 2.05) is 0 Å². The summed E-state index contributed by atoms with van der Waals surface area (Å²) in [5.41, 5.74) is 0.670. The lowest BCUT2D eigenvalue weighted by atomic mass is 10.1. The second kappa shape index (κ2) is 12.7. The summed E-state index contributed by atoms with van der Waals surface area (Å²) in [5, 5.41) is 3.09. The van der Waals surface area contributed by atoms with Crippen molar-refractivity contribution in [2.75, 3.05) is 24.5 Å². The molecule has 0 unspecified atom stereocenters. The van der Waals surface area contributed by atoms with Crippen LogP contribution >= 0.6 is 11.6 Å². The molecule has 202 valence electrons. The van der Waals surface area contributed by atoms with Crippen molar-refractivity contribution in [3.8, 4) is 5.75 Å². The van der Waals surface area contributed by atoms with E-state index in [1.165, 1.54) is 48.4 Å². The molecule has 8 nitrogen and oxygen atoms in total. The van der Waals surface area contributed by atoms with Crippen molar-refractivity contribution in [2.24, 2.45) is 0 Å². The van der Waals surface area contributed by atoms with Crippen LogP contribution in [0, 0.1) is 5.82 Å². The topological polar surface area (TPSA) is 96.0 Å². The number of halogens is 2. The maximum absolute atomic E-state index is 13.7. The van der Waals surface area contributed by atoms with Gasteiger partial charge in [-0.05, 0) is 74.0 Å². The van der Waals surface area contributed by atoms with Crippen molar-refractivity contribution in [2.45, 2.75) is 31.3 Å². The first kappa shape index (κ1) is 28.9. The minimum absolute atomic E-state index is 0.0311. The number of anilines is 1. The predicted octanol–water partition coefficient (Wildman–Crippen LogP) is 4.24. The van der Waals surface area contributed by atoms with Gasteiger partial charge in [0, 0.05) is 18.1 Å². The average molecular weight is 562 g/mol. The molecule has 0 aromatic heterocycles. The summed E-state index contributed by atoms with van der Waals surface area (Å²) in [6, 6.07) is 16.4. The van der Waals surface area contributed by atoms with E-state index in [-0.39, 0.29) is 17.1 Å². The van der Waals surface area contributed by atoms with Crippen molar-refractivity contribution in [1.82, 2.24) is 10.2 Å². The number of nitrogens with one attached hydrogen (secondary N) is 1. The monoisotopic (exact) mass is 561 g/mol. The molecule has 0 aliphatic rings. The Morgan fingerprint density at radius 3 is 2.24 bits per heavy atom. The second-order valence-electron chi connectivity index (χ2n) is 8.35. The van der Waals surface area contributed by atoms with Gasteiger partial charge in [0.15, 0.2) is 0 Å². The summed E-state index contributed by atoms with van der Waals surface area (Å²) < 4.78 is 47.1. The number of hydrogen-bond donors (Lipinski definition) is 1. The number of carbonyl (C=O) groups excluding carboxylic acids is 2. The van der Waals surface area contributed by atoms with E-state index in [4.69, 9.17) is 16.3 Å². The van der Waals surface area contributed by atoms with Gasteiger partial charge in [0.25, 0.3) is 10.0 Å². The minimum Gasteiger partial charge on any atom is -0.497 e. The number of benzene rings is 3. The van der Waals surface area contributed by atoms with Gasteiger partial charge in [-0.2, -0.15) is 0 Å². The Hall–Kier alpha value is -3.63. The molecular weight excluding hydrogens is 533 g/mol. The highest BCUT2D eigenvalue weighted by atomic mass is 35.5. The van der Waals surface area contributed by atoms with E-state index in [0.717, 1.165) is 16.4 Å². The molecule has 38 heavy (non-hydrogen) atoms. The van der Waals surface area contributed by atoms with Gasteiger partial charge in [-0.3, -0.25) is 13.9 Å². The van der Waals surface area contributed by atoms with Gasteiger partial charge in [0.05, 0.1) is 17.7 Å². The zero-order valence-electron chi connectivity index (χ0n) is 21.2. The molecule has 2 amide bonds. The molecule has 0 heterocycles. The van der Waals surface area contributed by atoms with Crippen LogP contribution in [0.4, 0.5) is 10.1 Å². The van der Waals surface area contributed by atoms with Crippen molar-refractivity contribution in [1.29, 1.82) is 0 Å². The molecule has 3 aromatic carbocycles. The Morgan fingerprint density at radius 1 is 1.03 bits per heavy atom. The highest BCUT2D eigenvalue weighted by molar-refractivity contribution is 7.92. The zero-order chi connectivity index (χ0) is 27.9. The number of ether oxygens (including phenoxy) is 1. The SMILES string of the molecule is CCNC(=O)[C@H](C)N(Cc1ccccc1Cl)C(=O)CN(c1ccc(F)cc1)S(=O)(=O)c1ccc(OC)cc1. The molecule has 0 fully saturated rings. The van der Waals surface area contributed by atoms with E-state index >= 15 is 0 Å². The third-order valence-electron chi connectivity index (χ3n) is 5.86. The van der Waals surface area contributed by atoms with Crippen LogP contribution < -0.4 is 14.4 Å². The van der Waals surface area contributed by atoms with Crippen molar-refractivity contribution in [3.63, 3.8) is 0 Å². The van der Waals surface area contributed by atoms with Crippen molar-refractivity contribution < 1.29 is 27.1 Å². The van der Waals surface area contributed by atoms with Crippen LogP contribution in [0.1, 0.15) is 19.4 Å². The maximum atomic E-state index is 13.7. The first-order chi connectivity index (χ1) is 18.1. The number of rotatable bonds is 11. The molecular formula is C27H29ClFN3O5S. The lowest BCUT2D eigenvalue weighted by Gasteiger charge is -2.32. The van der Waals surface area contributed by atoms with Crippen LogP contribution in [0.3, 0.4) is 0 Å². The number of methoxy groups -OCH3 is 1. The third kappa shape index (κ3) is 6.81. The molecule has 0 bridgehead atoms. The quantitative estimate of drug-likeness (QED) is 0.378. The Morgan fingerprint density at radius 2 is 1.66 bits per heavy atom. The first-order valence-electron chi connectivity index (χ1n) is 11.8. The van der Waals surface area contributed by atoms with Gasteiger partial charge in [-0.25, -0.2) is 12.8 Å². The summed E-state index contributed by atoms with van der Waals surface area (Å²) in [5.74, 6) is -1.16. The predicted molar refractivity (Wildman–Crippen MR) is 144 cm³/mol. The molecule has 11 heteroatoms. The summed E-state index contributed by atoms with van der Waals surface area (Å²) in [4.78, 5) is 27.6. The Balaban J connectivity index is 2.03. The number of sulfonamides is 1. The minimum atomic E-state index is -4.28. The molecule has 0 aliphatic heterocycles. The number of amides is 2. The molecule has 1 atom stereocenters. The lowest BCUT2D eigenvalue weighted by molar-refractivity contribution is -0.139. The number of likely N-dealkylation sites (N-methyl/N-ethyl adjacent to an activating group) is 1. The van der Waals surface area contributed by atoms with Gasteiger partial charge >= 0.3 is 0 Å². The summed E-state index contributed by atoms with van der Waals surface area (Å²) in [6.07, 6.45) is 0. The fourth-order valence-electron chi connectivity index (χ4n) is 3.73. The molecule has 3 rings (SSSR count). The lowest BCUT2D eigenvalue weighted by Crippen LogP contribution is -2.51. The standard InChI is InChI=1S/C27H29ClFN3O5S/c1-4-30-27(34)19(2)31(17-20-7-5-6-8-25(20)28)26(33)18-32(22-11-9-21(29)10-12-22)38(35,36)24-15-13-23(37-3)14-16-24/h5-16,19H,4,17-18H2,1-3H3,(H,30,34)/t19-/m0/s1. The van der Waals surface area contributed by atoms with Gasteiger partial charge in [0.2, 0.25) is 11.8 Å². The van der Waals surface area contributed by atoms with Crippen LogP contribution in [0.2, 0.25) is 5.02 Å². The van der Waals surface area contributed by atoms with Crippen LogP contribution in [-0.4, -0.2) is 51.4 Å². The summed E-state index contributed by atoms with van der Waals surface area (Å²) >= 11 is 6.32. The van der Waals surface area contributed by atoms with Gasteiger partial charge in [-0.1, -0.05) is 29.8 Å². The first-order valence-corrected chi connectivity index (χ1v) is 13.6. The van der Waals surface area contributed by atoms with Gasteiger partial charge in [0.1, 0.15) is 24.2 Å². The fourth-order valence-corrected chi connectivity index (χ4v) is 5.34. The second-order valence-corrected chi connectivity index (χ2v) is 10.6. The molecule has 0 saturated heterocycles. The molecule has 0 spiro atoms. The molecule has 0 saturated carbocycles. The Labute approximate surface area is 227 Å². The van der Waals surface area contributed by atoms with E-state index in [9.17, 15) is 22.4 Å². The molecule has 0 radical (unpaired) electrons. The fraction of sp³-hybridized carbons (Fsp3) is 0.259. The van der Waals surface area contributed by atoms with Crippen molar-refractivity contribution >= 4 is 39.1 Å². The largest absolute Gasteiger partial charge is 0.497 e. The van der Waals surface area contributed by atoms with E-state index in [1.54, 1.807) is 38.1 Å². The highest BCUT2D eigenvalue weighted by Gasteiger charge is 2.32.